The monoisotopic (exact) mass is 385 g/mol. The Morgan fingerprint density at radius 3 is 2.54 bits per heavy atom. The number of carbonyl (C=O) groups is 2. The van der Waals surface area contributed by atoms with Gasteiger partial charge in [0.2, 0.25) is 5.91 Å². The minimum atomic E-state index is -0.454. The smallest absolute Gasteiger partial charge is 0.359 e. The first-order valence-corrected chi connectivity index (χ1v) is 9.64. The lowest BCUT2D eigenvalue weighted by Crippen LogP contribution is -2.37. The number of amides is 1. The Kier molecular flexibility index (Phi) is 6.02. The zero-order valence-corrected chi connectivity index (χ0v) is 16.9. The maximum Gasteiger partial charge on any atom is 0.359 e. The molecule has 1 aliphatic rings. The number of rotatable bonds is 6. The van der Waals surface area contributed by atoms with E-state index in [1.807, 2.05) is 43.0 Å². The lowest BCUT2D eigenvalue weighted by molar-refractivity contribution is -0.132. The minimum Gasteiger partial charge on any atom is -0.497 e. The van der Waals surface area contributed by atoms with Crippen LogP contribution >= 0.6 is 0 Å². The molecular weight excluding hydrogens is 358 g/mol. The van der Waals surface area contributed by atoms with Gasteiger partial charge >= 0.3 is 5.97 Å². The Bertz CT molecular complexity index is 855. The molecule has 0 radical (unpaired) electrons. The summed E-state index contributed by atoms with van der Waals surface area (Å²) in [6, 6.07) is 7.51. The van der Waals surface area contributed by atoms with E-state index in [1.165, 1.54) is 0 Å². The summed E-state index contributed by atoms with van der Waals surface area (Å²) < 4.78 is 12.2. The molecule has 0 atom stereocenters. The Balaban J connectivity index is 1.98. The minimum absolute atomic E-state index is 0.104. The fraction of sp³-hybridized carbons (Fsp3) is 0.476. The Morgan fingerprint density at radius 1 is 1.21 bits per heavy atom. The highest BCUT2D eigenvalue weighted by Crippen LogP contribution is 2.27. The van der Waals surface area contributed by atoms with Gasteiger partial charge in [-0.2, -0.15) is 5.10 Å². The maximum atomic E-state index is 12.5. The van der Waals surface area contributed by atoms with E-state index in [0.717, 1.165) is 22.7 Å². The van der Waals surface area contributed by atoms with Crippen LogP contribution in [-0.2, 0) is 22.5 Å². The number of aromatic nitrogens is 2. The molecule has 2 heterocycles. The summed E-state index contributed by atoms with van der Waals surface area (Å²) in [6.45, 7) is 7.09. The molecular formula is C21H27N3O4. The number of carbonyl (C=O) groups excluding carboxylic acids is 2. The van der Waals surface area contributed by atoms with Gasteiger partial charge in [0, 0.05) is 31.5 Å². The largest absolute Gasteiger partial charge is 0.497 e. The van der Waals surface area contributed by atoms with Crippen LogP contribution in [0.15, 0.2) is 24.3 Å². The van der Waals surface area contributed by atoms with E-state index in [-0.39, 0.29) is 18.2 Å². The van der Waals surface area contributed by atoms with Gasteiger partial charge in [0.15, 0.2) is 5.69 Å². The maximum absolute atomic E-state index is 12.5. The van der Waals surface area contributed by atoms with Crippen LogP contribution in [0.1, 0.15) is 48.9 Å². The number of hydrogen-bond donors (Lipinski definition) is 0. The summed E-state index contributed by atoms with van der Waals surface area (Å²) in [5, 5.41) is 4.55. The summed E-state index contributed by atoms with van der Waals surface area (Å²) >= 11 is 0. The van der Waals surface area contributed by atoms with Gasteiger partial charge in [-0.3, -0.25) is 4.79 Å². The van der Waals surface area contributed by atoms with E-state index in [2.05, 4.69) is 5.10 Å². The Labute approximate surface area is 165 Å². The summed E-state index contributed by atoms with van der Waals surface area (Å²) in [5.74, 6) is 0.693. The van der Waals surface area contributed by atoms with Gasteiger partial charge in [0.05, 0.1) is 25.1 Å². The molecule has 0 spiro atoms. The third-order valence-electron chi connectivity index (χ3n) is 4.78. The highest BCUT2D eigenvalue weighted by molar-refractivity contribution is 5.90. The fourth-order valence-corrected chi connectivity index (χ4v) is 3.41. The van der Waals surface area contributed by atoms with Crippen molar-refractivity contribution in [2.24, 2.45) is 5.92 Å². The molecule has 1 aromatic heterocycles. The average Bonchev–Trinajstić information content (AvgIpc) is 3.06. The normalized spacial score (nSPS) is 13.4. The molecule has 0 unspecified atom stereocenters. The molecule has 0 N–H and O–H groups in total. The second kappa shape index (κ2) is 8.46. The van der Waals surface area contributed by atoms with Crippen LogP contribution in [0, 0.1) is 5.92 Å². The summed E-state index contributed by atoms with van der Waals surface area (Å²) in [5.41, 5.74) is 2.85. The molecule has 0 bridgehead atoms. The third-order valence-corrected chi connectivity index (χ3v) is 4.78. The molecule has 150 valence electrons. The van der Waals surface area contributed by atoms with Crippen molar-refractivity contribution >= 4 is 11.9 Å². The quantitative estimate of drug-likeness (QED) is 0.715. The van der Waals surface area contributed by atoms with Crippen LogP contribution in [0.25, 0.3) is 5.69 Å². The van der Waals surface area contributed by atoms with Crippen molar-refractivity contribution in [2.45, 2.75) is 40.2 Å². The van der Waals surface area contributed by atoms with Crippen molar-refractivity contribution in [1.29, 1.82) is 0 Å². The van der Waals surface area contributed by atoms with E-state index in [9.17, 15) is 9.59 Å². The Hall–Kier alpha value is -2.83. The van der Waals surface area contributed by atoms with Gasteiger partial charge in [-0.15, -0.1) is 0 Å². The van der Waals surface area contributed by atoms with Crippen molar-refractivity contribution in [1.82, 2.24) is 14.7 Å². The summed E-state index contributed by atoms with van der Waals surface area (Å²) in [7, 11) is 1.62. The highest BCUT2D eigenvalue weighted by atomic mass is 16.5. The third kappa shape index (κ3) is 4.03. The van der Waals surface area contributed by atoms with Gasteiger partial charge in [0.1, 0.15) is 5.75 Å². The lowest BCUT2D eigenvalue weighted by Gasteiger charge is -2.28. The number of methoxy groups -OCH3 is 1. The van der Waals surface area contributed by atoms with Crippen molar-refractivity contribution < 1.29 is 19.1 Å². The number of esters is 1. The van der Waals surface area contributed by atoms with Crippen molar-refractivity contribution in [3.63, 3.8) is 0 Å². The predicted octanol–water partition coefficient (Wildman–Crippen LogP) is 2.99. The van der Waals surface area contributed by atoms with E-state index in [0.29, 0.717) is 31.8 Å². The van der Waals surface area contributed by atoms with Gasteiger partial charge in [0.25, 0.3) is 0 Å². The second-order valence-electron chi connectivity index (χ2n) is 7.27. The molecule has 1 amide bonds. The Morgan fingerprint density at radius 2 is 1.93 bits per heavy atom. The molecule has 2 aromatic rings. The number of nitrogens with zero attached hydrogens (tertiary/aromatic N) is 3. The van der Waals surface area contributed by atoms with Crippen molar-refractivity contribution in [2.75, 3.05) is 20.3 Å². The average molecular weight is 385 g/mol. The van der Waals surface area contributed by atoms with Crippen LogP contribution in [0.3, 0.4) is 0 Å². The number of fused-ring (bicyclic) bond motifs is 1. The zero-order chi connectivity index (χ0) is 20.3. The first-order chi connectivity index (χ1) is 13.4. The number of benzene rings is 1. The molecule has 0 saturated heterocycles. The summed E-state index contributed by atoms with van der Waals surface area (Å²) in [6.07, 6.45) is 1.13. The molecule has 0 fully saturated rings. The molecule has 0 aliphatic carbocycles. The van der Waals surface area contributed by atoms with E-state index >= 15 is 0 Å². The standard InChI is InChI=1S/C21H27N3O4/c1-5-28-21(26)20-17-13-23(19(25)12-14(2)3)11-10-18(17)24(22-20)15-6-8-16(27-4)9-7-15/h6-9,14H,5,10-13H2,1-4H3. The number of ether oxygens (including phenoxy) is 2. The molecule has 28 heavy (non-hydrogen) atoms. The molecule has 7 heteroatoms. The van der Waals surface area contributed by atoms with Crippen molar-refractivity contribution in [3.8, 4) is 11.4 Å². The van der Waals surface area contributed by atoms with Gasteiger partial charge in [-0.25, -0.2) is 9.48 Å². The highest BCUT2D eigenvalue weighted by Gasteiger charge is 2.31. The SMILES string of the molecule is CCOC(=O)c1nn(-c2ccc(OC)cc2)c2c1CN(C(=O)CC(C)C)CC2. The second-order valence-corrected chi connectivity index (χ2v) is 7.27. The zero-order valence-electron chi connectivity index (χ0n) is 16.9. The molecule has 3 rings (SSSR count). The van der Waals surface area contributed by atoms with Crippen LogP contribution in [0.5, 0.6) is 5.75 Å². The fourth-order valence-electron chi connectivity index (χ4n) is 3.41. The lowest BCUT2D eigenvalue weighted by atomic mass is 10.0. The molecule has 7 nitrogen and oxygen atoms in total. The van der Waals surface area contributed by atoms with Gasteiger partial charge in [-0.05, 0) is 37.1 Å². The van der Waals surface area contributed by atoms with Gasteiger partial charge < -0.3 is 14.4 Å². The predicted molar refractivity (Wildman–Crippen MR) is 105 cm³/mol. The summed E-state index contributed by atoms with van der Waals surface area (Å²) in [4.78, 5) is 26.8. The molecule has 0 saturated carbocycles. The van der Waals surface area contributed by atoms with Crippen LogP contribution < -0.4 is 4.74 Å². The topological polar surface area (TPSA) is 73.7 Å². The van der Waals surface area contributed by atoms with Crippen LogP contribution in [0.4, 0.5) is 0 Å². The van der Waals surface area contributed by atoms with Crippen LogP contribution in [-0.4, -0.2) is 46.8 Å². The van der Waals surface area contributed by atoms with E-state index in [1.54, 1.807) is 18.7 Å². The van der Waals surface area contributed by atoms with E-state index < -0.39 is 5.97 Å². The molecule has 1 aromatic carbocycles. The first-order valence-electron chi connectivity index (χ1n) is 9.64. The van der Waals surface area contributed by atoms with Gasteiger partial charge in [-0.1, -0.05) is 13.8 Å². The van der Waals surface area contributed by atoms with Crippen LogP contribution in [0.2, 0.25) is 0 Å². The van der Waals surface area contributed by atoms with E-state index in [4.69, 9.17) is 9.47 Å². The van der Waals surface area contributed by atoms with Crippen molar-refractivity contribution in [3.05, 3.63) is 41.2 Å². The number of hydrogen-bond acceptors (Lipinski definition) is 5. The first kappa shape index (κ1) is 19.9. The molecule has 1 aliphatic heterocycles.